The van der Waals surface area contributed by atoms with Gasteiger partial charge in [-0.2, -0.15) is 5.10 Å². The summed E-state index contributed by atoms with van der Waals surface area (Å²) < 4.78 is 9.62. The molecule has 7 rings (SSSR count). The maximum atomic E-state index is 12.2. The third-order valence-corrected chi connectivity index (χ3v) is 8.80. The van der Waals surface area contributed by atoms with Gasteiger partial charge in [-0.1, -0.05) is 11.6 Å². The minimum atomic E-state index is -0.142. The fourth-order valence-corrected chi connectivity index (χ4v) is 7.14. The molecule has 37 heavy (non-hydrogen) atoms. The van der Waals surface area contributed by atoms with Gasteiger partial charge in [-0.05, 0) is 24.3 Å². The summed E-state index contributed by atoms with van der Waals surface area (Å²) in [7, 11) is 1.99. The van der Waals surface area contributed by atoms with Crippen molar-refractivity contribution in [1.82, 2.24) is 25.0 Å². The molecule has 8 nitrogen and oxygen atoms in total. The Balaban J connectivity index is 1.28. The number of rotatable bonds is 4. The number of fused-ring (bicyclic) bond motifs is 3. The van der Waals surface area contributed by atoms with E-state index in [-0.39, 0.29) is 37.3 Å². The summed E-state index contributed by atoms with van der Waals surface area (Å²) >= 11 is 8.17. The number of carbonyl (C=O) groups is 2. The van der Waals surface area contributed by atoms with Crippen molar-refractivity contribution in [2.24, 2.45) is 7.05 Å². The van der Waals surface area contributed by atoms with Crippen molar-refractivity contribution < 1.29 is 14.3 Å². The second kappa shape index (κ2) is 8.65. The number of likely N-dealkylation sites (tertiary alicyclic amines) is 1. The average Bonchev–Trinajstić information content (AvgIpc) is 3.63. The van der Waals surface area contributed by atoms with Crippen molar-refractivity contribution in [2.75, 3.05) is 6.54 Å². The van der Waals surface area contributed by atoms with Crippen molar-refractivity contribution in [3.8, 4) is 16.9 Å². The molecule has 6 heterocycles. The summed E-state index contributed by atoms with van der Waals surface area (Å²) in [6.07, 6.45) is 3.86. The normalized spacial score (nSPS) is 19.0. The number of thiophene rings is 1. The van der Waals surface area contributed by atoms with Gasteiger partial charge in [0.15, 0.2) is 0 Å². The second-order valence-corrected chi connectivity index (χ2v) is 11.3. The molecule has 0 bridgehead atoms. The van der Waals surface area contributed by atoms with Gasteiger partial charge in [-0.25, -0.2) is 0 Å². The van der Waals surface area contributed by atoms with Gasteiger partial charge >= 0.3 is 0 Å². The number of nitrogens with one attached hydrogen (secondary N) is 1. The molecule has 0 unspecified atom stereocenters. The number of pyridine rings is 1. The molecule has 0 aliphatic carbocycles. The summed E-state index contributed by atoms with van der Waals surface area (Å²) in [5.41, 5.74) is 7.29. The molecule has 0 spiro atoms. The van der Waals surface area contributed by atoms with Crippen LogP contribution in [0.4, 0.5) is 0 Å². The van der Waals surface area contributed by atoms with Crippen LogP contribution >= 0.6 is 22.9 Å². The number of benzene rings is 1. The number of imide groups is 1. The van der Waals surface area contributed by atoms with E-state index in [9.17, 15) is 9.59 Å². The lowest BCUT2D eigenvalue weighted by Gasteiger charge is -2.17. The summed E-state index contributed by atoms with van der Waals surface area (Å²) in [4.78, 5) is 31.1. The smallest absolute Gasteiger partial charge is 0.230 e. The van der Waals surface area contributed by atoms with Gasteiger partial charge in [0, 0.05) is 84.2 Å². The van der Waals surface area contributed by atoms with Crippen LogP contribution < -0.4 is 10.1 Å². The van der Waals surface area contributed by atoms with Crippen LogP contribution in [0.25, 0.3) is 21.3 Å². The maximum Gasteiger partial charge on any atom is 0.230 e. The number of ether oxygens (including phenoxy) is 1. The van der Waals surface area contributed by atoms with Crippen LogP contribution in [-0.4, -0.2) is 38.0 Å². The van der Waals surface area contributed by atoms with Crippen LogP contribution in [0.15, 0.2) is 30.5 Å². The van der Waals surface area contributed by atoms with Crippen LogP contribution in [0.1, 0.15) is 46.3 Å². The molecule has 3 aliphatic rings. The molecule has 2 amide bonds. The number of aromatic nitrogens is 3. The van der Waals surface area contributed by atoms with Gasteiger partial charge in [-0.3, -0.25) is 24.2 Å². The monoisotopic (exact) mass is 533 g/mol. The predicted octanol–water partition coefficient (Wildman–Crippen LogP) is 4.32. The number of aryl methyl sites for hydroxylation is 1. The van der Waals surface area contributed by atoms with Crippen LogP contribution in [0, 0.1) is 0 Å². The number of hydrogen-bond acceptors (Lipinski definition) is 7. The molecular formula is C27H24ClN5O3S. The maximum absolute atomic E-state index is 12.2. The molecular weight excluding hydrogens is 510 g/mol. The summed E-state index contributed by atoms with van der Waals surface area (Å²) in [5, 5.41) is 8.88. The van der Waals surface area contributed by atoms with E-state index in [0.717, 1.165) is 74.9 Å². The zero-order valence-electron chi connectivity index (χ0n) is 20.2. The third kappa shape index (κ3) is 3.75. The van der Waals surface area contributed by atoms with Crippen molar-refractivity contribution in [1.29, 1.82) is 0 Å². The van der Waals surface area contributed by atoms with Gasteiger partial charge < -0.3 is 10.1 Å². The molecule has 1 N–H and O–H groups in total. The van der Waals surface area contributed by atoms with Gasteiger partial charge in [0.2, 0.25) is 11.8 Å². The quantitative estimate of drug-likeness (QED) is 0.393. The molecule has 1 fully saturated rings. The first-order chi connectivity index (χ1) is 18.0. The first kappa shape index (κ1) is 22.9. The highest BCUT2D eigenvalue weighted by Gasteiger charge is 2.34. The summed E-state index contributed by atoms with van der Waals surface area (Å²) in [6.45, 7) is 2.02. The molecule has 3 aliphatic heterocycles. The zero-order valence-corrected chi connectivity index (χ0v) is 21.8. The second-order valence-electron chi connectivity index (χ2n) is 9.77. The van der Waals surface area contributed by atoms with E-state index < -0.39 is 0 Å². The highest BCUT2D eigenvalue weighted by Crippen LogP contribution is 2.48. The molecule has 10 heteroatoms. The Hall–Kier alpha value is -3.27. The molecule has 1 aromatic carbocycles. The standard InChI is InChI=1S/C27H24ClN5O3S/c1-32-25(19-12-29-6-5-20(19)31-32)22-9-14-8-15(28)10-18(26(14)36-22)17-4-7-30-21-11-16(37-27(17)21)13-33-23(34)2-3-24(33)35/h4,7-8,10-11,22,29H,2-3,5-6,9,12-13H2,1H3/t22-/m1/s1. The Morgan fingerprint density at radius 2 is 2.00 bits per heavy atom. The highest BCUT2D eigenvalue weighted by atomic mass is 35.5. The fourth-order valence-electron chi connectivity index (χ4n) is 5.76. The van der Waals surface area contributed by atoms with E-state index in [0.29, 0.717) is 5.02 Å². The number of nitrogens with zero attached hydrogens (tertiary/aromatic N) is 4. The number of halogens is 1. The summed E-state index contributed by atoms with van der Waals surface area (Å²) in [5.74, 6) is 0.603. The van der Waals surface area contributed by atoms with Crippen molar-refractivity contribution >= 4 is 45.0 Å². The van der Waals surface area contributed by atoms with Gasteiger partial charge in [0.1, 0.15) is 11.9 Å². The largest absolute Gasteiger partial charge is 0.483 e. The van der Waals surface area contributed by atoms with E-state index in [4.69, 9.17) is 21.4 Å². The van der Waals surface area contributed by atoms with Gasteiger partial charge in [0.05, 0.1) is 28.1 Å². The average molecular weight is 534 g/mol. The molecule has 1 saturated heterocycles. The van der Waals surface area contributed by atoms with E-state index >= 15 is 0 Å². The third-order valence-electron chi connectivity index (χ3n) is 7.44. The summed E-state index contributed by atoms with van der Waals surface area (Å²) in [6, 6.07) is 7.88. The van der Waals surface area contributed by atoms with Crippen LogP contribution in [-0.2, 0) is 42.6 Å². The van der Waals surface area contributed by atoms with Crippen molar-refractivity contribution in [3.63, 3.8) is 0 Å². The molecule has 3 aromatic heterocycles. The SMILES string of the molecule is Cn1nc2c(c1[C@H]1Cc3cc(Cl)cc(-c4ccnc5cc(CN6C(=O)CCC6=O)sc45)c3O1)CNCC2. The number of hydrogen-bond donors (Lipinski definition) is 1. The van der Waals surface area contributed by atoms with Crippen LogP contribution in [0.2, 0.25) is 5.02 Å². The van der Waals surface area contributed by atoms with Crippen LogP contribution in [0.3, 0.4) is 0 Å². The lowest BCUT2D eigenvalue weighted by molar-refractivity contribution is -0.138. The predicted molar refractivity (Wildman–Crippen MR) is 141 cm³/mol. The van der Waals surface area contributed by atoms with Crippen LogP contribution in [0.5, 0.6) is 5.75 Å². The topological polar surface area (TPSA) is 89.4 Å². The lowest BCUT2D eigenvalue weighted by atomic mass is 9.98. The fraction of sp³-hybridized carbons (Fsp3) is 0.333. The molecule has 0 saturated carbocycles. The Bertz CT molecular complexity index is 1590. The van der Waals surface area contributed by atoms with Gasteiger partial charge in [0.25, 0.3) is 0 Å². The Kier molecular flexibility index (Phi) is 5.35. The minimum Gasteiger partial charge on any atom is -0.483 e. The lowest BCUT2D eigenvalue weighted by Crippen LogP contribution is -2.27. The first-order valence-electron chi connectivity index (χ1n) is 12.4. The Morgan fingerprint density at radius 1 is 1.16 bits per heavy atom. The van der Waals surface area contributed by atoms with E-state index in [2.05, 4.69) is 10.3 Å². The molecule has 188 valence electrons. The van der Waals surface area contributed by atoms with E-state index in [1.165, 1.54) is 10.5 Å². The van der Waals surface area contributed by atoms with E-state index in [1.54, 1.807) is 17.5 Å². The van der Waals surface area contributed by atoms with Crippen molar-refractivity contribution in [2.45, 2.75) is 44.9 Å². The number of carbonyl (C=O) groups excluding carboxylic acids is 2. The van der Waals surface area contributed by atoms with E-state index in [1.807, 2.05) is 36.0 Å². The molecule has 0 radical (unpaired) electrons. The van der Waals surface area contributed by atoms with Gasteiger partial charge in [-0.15, -0.1) is 11.3 Å². The minimum absolute atomic E-state index is 0.115. The van der Waals surface area contributed by atoms with Crippen molar-refractivity contribution in [3.05, 3.63) is 62.9 Å². The number of amides is 2. The Morgan fingerprint density at radius 3 is 2.84 bits per heavy atom. The molecule has 1 atom stereocenters. The zero-order chi connectivity index (χ0) is 25.3. The first-order valence-corrected chi connectivity index (χ1v) is 13.6. The molecule has 4 aromatic rings. The Labute approximate surface area is 222 Å². The highest BCUT2D eigenvalue weighted by molar-refractivity contribution is 7.19.